The molecule has 3 rings (SSSR count). The molecule has 1 aromatic heterocycles. The van der Waals surface area contributed by atoms with Gasteiger partial charge < -0.3 is 19.9 Å². The van der Waals surface area contributed by atoms with E-state index < -0.39 is 0 Å². The predicted molar refractivity (Wildman–Crippen MR) is 130 cm³/mol. The highest BCUT2D eigenvalue weighted by atomic mass is 35.5. The highest BCUT2D eigenvalue weighted by Crippen LogP contribution is 2.29. The van der Waals surface area contributed by atoms with Crippen LogP contribution in [0, 0.1) is 0 Å². The number of rotatable bonds is 10. The normalized spacial score (nSPS) is 10.7. The van der Waals surface area contributed by atoms with Gasteiger partial charge in [-0.2, -0.15) is 0 Å². The van der Waals surface area contributed by atoms with Crippen molar-refractivity contribution in [3.05, 3.63) is 63.9 Å². The van der Waals surface area contributed by atoms with Crippen molar-refractivity contribution in [1.82, 2.24) is 20.1 Å². The molecule has 3 aromatic rings. The number of carbonyl (C=O) groups is 2. The molecule has 2 aromatic carbocycles. The minimum Gasteiger partial charge on any atom is -0.497 e. The fraction of sp³-hybridized carbons (Fsp3) is 0.273. The van der Waals surface area contributed by atoms with Gasteiger partial charge in [0.1, 0.15) is 5.75 Å². The molecule has 0 aliphatic heterocycles. The zero-order valence-corrected chi connectivity index (χ0v) is 20.4. The first-order chi connectivity index (χ1) is 15.9. The number of halogens is 2. The number of nitrogens with one attached hydrogen (secondary N) is 2. The third-order valence-corrected chi connectivity index (χ3v) is 6.42. The summed E-state index contributed by atoms with van der Waals surface area (Å²) in [4.78, 5) is 24.6. The van der Waals surface area contributed by atoms with Crippen molar-refractivity contribution in [2.75, 3.05) is 18.2 Å². The van der Waals surface area contributed by atoms with Gasteiger partial charge in [-0.3, -0.25) is 9.59 Å². The monoisotopic (exact) mass is 507 g/mol. The zero-order chi connectivity index (χ0) is 23.8. The molecule has 8 nitrogen and oxygen atoms in total. The lowest BCUT2D eigenvalue weighted by molar-refractivity contribution is -0.120. The summed E-state index contributed by atoms with van der Waals surface area (Å²) >= 11 is 13.3. The van der Waals surface area contributed by atoms with Crippen LogP contribution < -0.4 is 15.4 Å². The third-order valence-electron chi connectivity index (χ3n) is 4.64. The second-order valence-electron chi connectivity index (χ2n) is 6.88. The first-order valence-electron chi connectivity index (χ1n) is 10.1. The summed E-state index contributed by atoms with van der Waals surface area (Å²) in [6, 6.07) is 12.4. The van der Waals surface area contributed by atoms with Gasteiger partial charge >= 0.3 is 0 Å². The second kappa shape index (κ2) is 11.9. The van der Waals surface area contributed by atoms with Gasteiger partial charge in [-0.05, 0) is 36.8 Å². The Bertz CT molecular complexity index is 1120. The lowest BCUT2D eigenvalue weighted by atomic mass is 10.1. The topological polar surface area (TPSA) is 98.1 Å². The molecular weight excluding hydrogens is 485 g/mol. The molecule has 0 atom stereocenters. The minimum atomic E-state index is -0.246. The number of nitrogens with zero attached hydrogens (tertiary/aromatic N) is 3. The summed E-state index contributed by atoms with van der Waals surface area (Å²) < 4.78 is 6.98. The van der Waals surface area contributed by atoms with Crippen LogP contribution in [-0.2, 0) is 29.1 Å². The van der Waals surface area contributed by atoms with Crippen molar-refractivity contribution in [3.8, 4) is 5.75 Å². The van der Waals surface area contributed by atoms with Gasteiger partial charge in [-0.15, -0.1) is 10.2 Å². The molecule has 174 valence electrons. The standard InChI is InChI=1S/C22H23Cl2N5O3S/c1-3-29-18(12-25-19(30)11-14-7-9-15(32-2)10-8-14)27-28-22(29)33-13-20(31)26-17-6-4-5-16(23)21(17)24/h4-10H,3,11-13H2,1-2H3,(H,25,30)(H,26,31). The molecule has 2 amide bonds. The van der Waals surface area contributed by atoms with E-state index in [1.54, 1.807) is 25.3 Å². The smallest absolute Gasteiger partial charge is 0.234 e. The molecule has 0 fully saturated rings. The van der Waals surface area contributed by atoms with E-state index in [0.717, 1.165) is 11.3 Å². The van der Waals surface area contributed by atoms with Crippen LogP contribution in [0.25, 0.3) is 0 Å². The van der Waals surface area contributed by atoms with Gasteiger partial charge in [-0.1, -0.05) is 53.2 Å². The van der Waals surface area contributed by atoms with Crippen LogP contribution in [0.1, 0.15) is 18.3 Å². The first-order valence-corrected chi connectivity index (χ1v) is 11.8. The molecule has 0 aliphatic carbocycles. The maximum Gasteiger partial charge on any atom is 0.234 e. The zero-order valence-electron chi connectivity index (χ0n) is 18.1. The predicted octanol–water partition coefficient (Wildman–Crippen LogP) is 4.20. The van der Waals surface area contributed by atoms with Gasteiger partial charge in [-0.25, -0.2) is 0 Å². The van der Waals surface area contributed by atoms with Crippen LogP contribution in [0.5, 0.6) is 5.75 Å². The Balaban J connectivity index is 1.52. The van der Waals surface area contributed by atoms with Gasteiger partial charge in [0.2, 0.25) is 11.8 Å². The summed E-state index contributed by atoms with van der Waals surface area (Å²) in [5.74, 6) is 1.10. The van der Waals surface area contributed by atoms with E-state index in [0.29, 0.717) is 33.3 Å². The number of hydrogen-bond donors (Lipinski definition) is 2. The van der Waals surface area contributed by atoms with Gasteiger partial charge in [0, 0.05) is 6.54 Å². The Kier molecular flexibility index (Phi) is 8.99. The summed E-state index contributed by atoms with van der Waals surface area (Å²) in [7, 11) is 1.60. The van der Waals surface area contributed by atoms with E-state index in [2.05, 4.69) is 20.8 Å². The Morgan fingerprint density at radius 1 is 1.09 bits per heavy atom. The van der Waals surface area contributed by atoms with E-state index in [-0.39, 0.29) is 30.5 Å². The molecule has 0 bridgehead atoms. The molecule has 1 heterocycles. The summed E-state index contributed by atoms with van der Waals surface area (Å²) in [5, 5.41) is 15.2. The molecule has 0 saturated heterocycles. The van der Waals surface area contributed by atoms with E-state index in [9.17, 15) is 9.59 Å². The van der Waals surface area contributed by atoms with E-state index in [4.69, 9.17) is 27.9 Å². The fourth-order valence-electron chi connectivity index (χ4n) is 2.96. The number of hydrogen-bond acceptors (Lipinski definition) is 6. The molecule has 2 N–H and O–H groups in total. The van der Waals surface area contributed by atoms with Crippen molar-refractivity contribution < 1.29 is 14.3 Å². The highest BCUT2D eigenvalue weighted by Gasteiger charge is 2.15. The quantitative estimate of drug-likeness (QED) is 0.399. The van der Waals surface area contributed by atoms with E-state index in [1.807, 2.05) is 35.8 Å². The van der Waals surface area contributed by atoms with Crippen LogP contribution in [0.4, 0.5) is 5.69 Å². The summed E-state index contributed by atoms with van der Waals surface area (Å²) in [6.45, 7) is 2.78. The SMILES string of the molecule is CCn1c(CNC(=O)Cc2ccc(OC)cc2)nnc1SCC(=O)Nc1cccc(Cl)c1Cl. The number of amides is 2. The Morgan fingerprint density at radius 3 is 2.55 bits per heavy atom. The van der Waals surface area contributed by atoms with Crippen molar-refractivity contribution >= 4 is 52.5 Å². The molecule has 0 radical (unpaired) electrons. The van der Waals surface area contributed by atoms with E-state index >= 15 is 0 Å². The van der Waals surface area contributed by atoms with Crippen LogP contribution in [0.3, 0.4) is 0 Å². The number of anilines is 1. The molecule has 0 spiro atoms. The minimum absolute atomic E-state index is 0.116. The number of carbonyl (C=O) groups excluding carboxylic acids is 2. The Hall–Kier alpha value is -2.75. The molecule has 0 unspecified atom stereocenters. The lowest BCUT2D eigenvalue weighted by Crippen LogP contribution is -2.26. The van der Waals surface area contributed by atoms with Crippen molar-refractivity contribution in [3.63, 3.8) is 0 Å². The van der Waals surface area contributed by atoms with E-state index in [1.165, 1.54) is 11.8 Å². The van der Waals surface area contributed by atoms with Crippen LogP contribution >= 0.6 is 35.0 Å². The van der Waals surface area contributed by atoms with Gasteiger partial charge in [0.05, 0.1) is 41.6 Å². The Labute approximate surface area is 206 Å². The maximum atomic E-state index is 12.3. The van der Waals surface area contributed by atoms with Crippen molar-refractivity contribution in [2.45, 2.75) is 31.6 Å². The number of methoxy groups -OCH3 is 1. The van der Waals surface area contributed by atoms with Crippen LogP contribution in [0.2, 0.25) is 10.0 Å². The summed E-state index contributed by atoms with van der Waals surface area (Å²) in [5.41, 5.74) is 1.33. The Morgan fingerprint density at radius 2 is 1.85 bits per heavy atom. The molecule has 11 heteroatoms. The number of benzene rings is 2. The third kappa shape index (κ3) is 6.86. The van der Waals surface area contributed by atoms with Gasteiger partial charge in [0.25, 0.3) is 0 Å². The van der Waals surface area contributed by atoms with Crippen molar-refractivity contribution in [2.24, 2.45) is 0 Å². The highest BCUT2D eigenvalue weighted by molar-refractivity contribution is 7.99. The number of thioether (sulfide) groups is 1. The maximum absolute atomic E-state index is 12.3. The molecule has 0 saturated carbocycles. The first kappa shape index (κ1) is 24.9. The largest absolute Gasteiger partial charge is 0.497 e. The molecule has 33 heavy (non-hydrogen) atoms. The number of ether oxygens (including phenoxy) is 1. The van der Waals surface area contributed by atoms with Gasteiger partial charge in [0.15, 0.2) is 11.0 Å². The summed E-state index contributed by atoms with van der Waals surface area (Å²) in [6.07, 6.45) is 0.248. The van der Waals surface area contributed by atoms with Crippen LogP contribution in [0.15, 0.2) is 47.6 Å². The average Bonchev–Trinajstić information content (AvgIpc) is 3.21. The molecular formula is C22H23Cl2N5O3S. The average molecular weight is 508 g/mol. The second-order valence-corrected chi connectivity index (χ2v) is 8.61. The van der Waals surface area contributed by atoms with Crippen molar-refractivity contribution in [1.29, 1.82) is 0 Å². The fourth-order valence-corrected chi connectivity index (χ4v) is 4.13. The lowest BCUT2D eigenvalue weighted by Gasteiger charge is -2.10. The van der Waals surface area contributed by atoms with Crippen LogP contribution in [-0.4, -0.2) is 39.4 Å². The number of aromatic nitrogens is 3. The molecule has 0 aliphatic rings.